The van der Waals surface area contributed by atoms with E-state index in [-0.39, 0.29) is 17.5 Å². The fourth-order valence-electron chi connectivity index (χ4n) is 5.20. The molecule has 4 rings (SSSR count). The van der Waals surface area contributed by atoms with Gasteiger partial charge >= 0.3 is 5.97 Å². The highest BCUT2D eigenvalue weighted by atomic mass is 16.5. The van der Waals surface area contributed by atoms with Gasteiger partial charge in [0.2, 0.25) is 0 Å². The summed E-state index contributed by atoms with van der Waals surface area (Å²) in [5, 5.41) is 2.60. The molecule has 0 saturated heterocycles. The number of hydrogen-bond donors (Lipinski definition) is 0. The lowest BCUT2D eigenvalue weighted by Crippen LogP contribution is -2.37. The first-order chi connectivity index (χ1) is 11.9. The lowest BCUT2D eigenvalue weighted by atomic mass is 9.65. The van der Waals surface area contributed by atoms with E-state index in [9.17, 15) is 4.79 Å². The van der Waals surface area contributed by atoms with Crippen LogP contribution in [0.25, 0.3) is 10.8 Å². The second-order valence-electron chi connectivity index (χ2n) is 7.91. The van der Waals surface area contributed by atoms with Crippen molar-refractivity contribution in [2.24, 2.45) is 5.41 Å². The van der Waals surface area contributed by atoms with Crippen molar-refractivity contribution in [1.29, 1.82) is 0 Å². The van der Waals surface area contributed by atoms with Gasteiger partial charge in [0.15, 0.2) is 0 Å². The highest BCUT2D eigenvalue weighted by Gasteiger charge is 2.51. The van der Waals surface area contributed by atoms with E-state index in [1.165, 1.54) is 34.4 Å². The van der Waals surface area contributed by atoms with Crippen molar-refractivity contribution in [2.75, 3.05) is 7.11 Å². The second-order valence-corrected chi connectivity index (χ2v) is 7.91. The standard InChI is InChI=1S/C22H26O3/c1-13-11-18-15(12-20(13)24-4)5-6-17-16(18)9-10-22(3)19(17)7-8-21(22)25-14(2)23/h5-6,11-12,19,21H,7-10H2,1-4H3/t19-,21-,22-/m0/s1. The molecule has 1 saturated carbocycles. The quantitative estimate of drug-likeness (QED) is 0.729. The summed E-state index contributed by atoms with van der Waals surface area (Å²) >= 11 is 0. The van der Waals surface area contributed by atoms with E-state index < -0.39 is 0 Å². The number of esters is 1. The third-order valence-corrected chi connectivity index (χ3v) is 6.53. The zero-order chi connectivity index (χ0) is 17.8. The van der Waals surface area contributed by atoms with Gasteiger partial charge in [0.05, 0.1) is 7.11 Å². The first kappa shape index (κ1) is 16.4. The Hall–Kier alpha value is -2.03. The Morgan fingerprint density at radius 1 is 1.24 bits per heavy atom. The van der Waals surface area contributed by atoms with Crippen LogP contribution in [-0.4, -0.2) is 19.2 Å². The molecule has 0 aromatic heterocycles. The van der Waals surface area contributed by atoms with Crippen LogP contribution in [0.1, 0.15) is 55.7 Å². The van der Waals surface area contributed by atoms with Crippen LogP contribution in [-0.2, 0) is 16.0 Å². The van der Waals surface area contributed by atoms with Crippen molar-refractivity contribution in [1.82, 2.24) is 0 Å². The van der Waals surface area contributed by atoms with Crippen molar-refractivity contribution in [3.63, 3.8) is 0 Å². The first-order valence-corrected chi connectivity index (χ1v) is 9.21. The van der Waals surface area contributed by atoms with Crippen LogP contribution in [0.2, 0.25) is 0 Å². The van der Waals surface area contributed by atoms with Gasteiger partial charge in [0.25, 0.3) is 0 Å². The summed E-state index contributed by atoms with van der Waals surface area (Å²) in [6.45, 7) is 5.94. The molecule has 0 heterocycles. The Labute approximate surface area is 149 Å². The molecule has 2 aliphatic rings. The molecular formula is C22H26O3. The van der Waals surface area contributed by atoms with Crippen LogP contribution in [0.4, 0.5) is 0 Å². The molecule has 2 aromatic carbocycles. The first-order valence-electron chi connectivity index (χ1n) is 9.21. The predicted octanol–water partition coefficient (Wildman–Crippen LogP) is 4.92. The average molecular weight is 338 g/mol. The molecule has 2 aliphatic carbocycles. The lowest BCUT2D eigenvalue weighted by molar-refractivity contribution is -0.152. The third kappa shape index (κ3) is 2.44. The van der Waals surface area contributed by atoms with Crippen LogP contribution in [0.5, 0.6) is 5.75 Å². The fraction of sp³-hybridized carbons (Fsp3) is 0.500. The maximum absolute atomic E-state index is 11.5. The SMILES string of the molecule is COc1cc2ccc3c(c2cc1C)CC[C@]1(C)[C@@H](OC(C)=O)CC[C@@H]31. The number of rotatable bonds is 2. The number of carbonyl (C=O) groups is 1. The number of benzene rings is 2. The van der Waals surface area contributed by atoms with Crippen molar-refractivity contribution in [3.8, 4) is 5.75 Å². The maximum atomic E-state index is 11.5. The van der Waals surface area contributed by atoms with Gasteiger partial charge in [0, 0.05) is 12.3 Å². The zero-order valence-corrected chi connectivity index (χ0v) is 15.5. The molecule has 25 heavy (non-hydrogen) atoms. The molecule has 0 bridgehead atoms. The van der Waals surface area contributed by atoms with E-state index in [1.807, 2.05) is 0 Å². The molecular weight excluding hydrogens is 312 g/mol. The van der Waals surface area contributed by atoms with E-state index in [0.29, 0.717) is 5.92 Å². The van der Waals surface area contributed by atoms with E-state index in [0.717, 1.165) is 31.4 Å². The molecule has 2 aromatic rings. The Balaban J connectivity index is 1.80. The van der Waals surface area contributed by atoms with Gasteiger partial charge in [0.1, 0.15) is 11.9 Å². The number of aryl methyl sites for hydroxylation is 2. The Morgan fingerprint density at radius 3 is 2.76 bits per heavy atom. The van der Waals surface area contributed by atoms with Gasteiger partial charge in [-0.25, -0.2) is 0 Å². The van der Waals surface area contributed by atoms with Gasteiger partial charge in [-0.2, -0.15) is 0 Å². The van der Waals surface area contributed by atoms with Gasteiger partial charge in [-0.15, -0.1) is 0 Å². The topological polar surface area (TPSA) is 35.5 Å². The van der Waals surface area contributed by atoms with Crippen LogP contribution in [0.3, 0.4) is 0 Å². The molecule has 0 amide bonds. The Kier molecular flexibility index (Phi) is 3.78. The van der Waals surface area contributed by atoms with Crippen LogP contribution < -0.4 is 4.74 Å². The molecule has 0 N–H and O–H groups in total. The van der Waals surface area contributed by atoms with Gasteiger partial charge in [-0.1, -0.05) is 19.1 Å². The van der Waals surface area contributed by atoms with Crippen molar-refractivity contribution >= 4 is 16.7 Å². The van der Waals surface area contributed by atoms with Crippen LogP contribution in [0.15, 0.2) is 24.3 Å². The van der Waals surface area contributed by atoms with Crippen molar-refractivity contribution < 1.29 is 14.3 Å². The normalized spacial score (nSPS) is 27.7. The maximum Gasteiger partial charge on any atom is 0.302 e. The summed E-state index contributed by atoms with van der Waals surface area (Å²) in [5.41, 5.74) is 4.18. The summed E-state index contributed by atoms with van der Waals surface area (Å²) in [4.78, 5) is 11.5. The van der Waals surface area contributed by atoms with Gasteiger partial charge < -0.3 is 9.47 Å². The van der Waals surface area contributed by atoms with E-state index in [1.54, 1.807) is 7.11 Å². The van der Waals surface area contributed by atoms with Crippen molar-refractivity contribution in [2.45, 2.75) is 58.5 Å². The zero-order valence-electron chi connectivity index (χ0n) is 15.5. The summed E-state index contributed by atoms with van der Waals surface area (Å²) < 4.78 is 11.2. The predicted molar refractivity (Wildman–Crippen MR) is 99.2 cm³/mol. The number of fused-ring (bicyclic) bond motifs is 5. The third-order valence-electron chi connectivity index (χ3n) is 6.53. The lowest BCUT2D eigenvalue weighted by Gasteiger charge is -2.41. The fourth-order valence-corrected chi connectivity index (χ4v) is 5.20. The Morgan fingerprint density at radius 2 is 2.04 bits per heavy atom. The Bertz CT molecular complexity index is 854. The highest BCUT2D eigenvalue weighted by Crippen LogP contribution is 2.57. The highest BCUT2D eigenvalue weighted by molar-refractivity contribution is 5.89. The summed E-state index contributed by atoms with van der Waals surface area (Å²) in [7, 11) is 1.73. The minimum absolute atomic E-state index is 0.0523. The van der Waals surface area contributed by atoms with E-state index >= 15 is 0 Å². The smallest absolute Gasteiger partial charge is 0.302 e. The minimum atomic E-state index is -0.154. The molecule has 0 spiro atoms. The number of methoxy groups -OCH3 is 1. The van der Waals surface area contributed by atoms with E-state index in [2.05, 4.69) is 38.1 Å². The molecule has 3 atom stereocenters. The van der Waals surface area contributed by atoms with Gasteiger partial charge in [-0.05, 0) is 78.1 Å². The second kappa shape index (κ2) is 5.76. The van der Waals surface area contributed by atoms with Gasteiger partial charge in [-0.3, -0.25) is 4.79 Å². The number of carbonyl (C=O) groups excluding carboxylic acids is 1. The molecule has 1 fully saturated rings. The molecule has 3 nitrogen and oxygen atoms in total. The largest absolute Gasteiger partial charge is 0.496 e. The summed E-state index contributed by atoms with van der Waals surface area (Å²) in [6.07, 6.45) is 4.24. The van der Waals surface area contributed by atoms with Crippen molar-refractivity contribution in [3.05, 3.63) is 41.0 Å². The monoisotopic (exact) mass is 338 g/mol. The van der Waals surface area contributed by atoms with E-state index in [4.69, 9.17) is 9.47 Å². The molecule has 0 unspecified atom stereocenters. The molecule has 0 aliphatic heterocycles. The summed E-state index contributed by atoms with van der Waals surface area (Å²) in [5.74, 6) is 1.27. The molecule has 3 heteroatoms. The number of hydrogen-bond acceptors (Lipinski definition) is 3. The average Bonchev–Trinajstić information content (AvgIpc) is 2.90. The number of ether oxygens (including phenoxy) is 2. The molecule has 132 valence electrons. The van der Waals surface area contributed by atoms with Crippen LogP contribution in [0, 0.1) is 12.3 Å². The summed E-state index contributed by atoms with van der Waals surface area (Å²) in [6, 6.07) is 8.94. The van der Waals surface area contributed by atoms with Crippen LogP contribution >= 0.6 is 0 Å². The molecule has 0 radical (unpaired) electrons. The minimum Gasteiger partial charge on any atom is -0.496 e.